The van der Waals surface area contributed by atoms with Crippen LogP contribution in [-0.4, -0.2) is 27.8 Å². The minimum atomic E-state index is -0.275. The van der Waals surface area contributed by atoms with Crippen molar-refractivity contribution < 1.29 is 9.53 Å². The Hall–Kier alpha value is -3.52. The number of hydrogen-bond acceptors (Lipinski definition) is 6. The van der Waals surface area contributed by atoms with E-state index in [9.17, 15) is 9.59 Å². The van der Waals surface area contributed by atoms with Gasteiger partial charge in [0.05, 0.1) is 11.4 Å². The van der Waals surface area contributed by atoms with Crippen LogP contribution in [0.25, 0.3) is 5.13 Å². The van der Waals surface area contributed by atoms with Gasteiger partial charge < -0.3 is 10.1 Å². The van der Waals surface area contributed by atoms with Crippen LogP contribution in [0.4, 0.5) is 0 Å². The molecule has 158 valence electrons. The molecule has 0 aliphatic carbocycles. The average Bonchev–Trinajstić information content (AvgIpc) is 3.36. The van der Waals surface area contributed by atoms with Gasteiger partial charge in [-0.15, -0.1) is 0 Å². The molecule has 4 rings (SSSR count). The molecular weight excluding hydrogens is 412 g/mol. The van der Waals surface area contributed by atoms with Crippen LogP contribution in [0, 0.1) is 6.92 Å². The zero-order valence-corrected chi connectivity index (χ0v) is 18.1. The molecule has 0 saturated carbocycles. The molecular formula is C23H22N4O3S. The lowest BCUT2D eigenvalue weighted by atomic mass is 10.2. The van der Waals surface area contributed by atoms with Crippen molar-refractivity contribution in [1.82, 2.24) is 14.9 Å². The fraction of sp³-hybridized carbons (Fsp3) is 0.217. The Morgan fingerprint density at radius 1 is 1.23 bits per heavy atom. The van der Waals surface area contributed by atoms with Gasteiger partial charge in [0.25, 0.3) is 11.5 Å². The molecule has 1 aliphatic rings. The fourth-order valence-corrected chi connectivity index (χ4v) is 4.09. The Labute approximate surface area is 183 Å². The van der Waals surface area contributed by atoms with Crippen molar-refractivity contribution in [2.24, 2.45) is 4.99 Å². The minimum absolute atomic E-state index is 0.209. The van der Waals surface area contributed by atoms with Crippen LogP contribution in [0.1, 0.15) is 34.3 Å². The number of nitrogens with one attached hydrogen (secondary N) is 1. The largest absolute Gasteiger partial charge is 0.487 e. The smallest absolute Gasteiger partial charge is 0.263 e. The molecule has 0 radical (unpaired) electrons. The van der Waals surface area contributed by atoms with Gasteiger partial charge in [-0.2, -0.15) is 0 Å². The summed E-state index contributed by atoms with van der Waals surface area (Å²) in [5.74, 6) is 0.259. The Morgan fingerprint density at radius 3 is 2.74 bits per heavy atom. The van der Waals surface area contributed by atoms with Crippen molar-refractivity contribution in [3.63, 3.8) is 0 Å². The van der Waals surface area contributed by atoms with E-state index in [0.29, 0.717) is 34.6 Å². The SMILES string of the molecule is CC1=NC(COc2ccn(-c3nc(C)c(C(=O)NCc4ccccc4)s3)c(=O)c2)=CC1. The summed E-state index contributed by atoms with van der Waals surface area (Å²) in [5, 5.41) is 3.34. The first-order valence-corrected chi connectivity index (χ1v) is 10.7. The highest BCUT2D eigenvalue weighted by Crippen LogP contribution is 2.21. The molecule has 0 saturated heterocycles. The van der Waals surface area contributed by atoms with E-state index in [-0.39, 0.29) is 11.5 Å². The minimum Gasteiger partial charge on any atom is -0.487 e. The molecule has 0 spiro atoms. The van der Waals surface area contributed by atoms with Crippen LogP contribution in [0.15, 0.2) is 70.2 Å². The molecule has 8 heteroatoms. The second-order valence-electron chi connectivity index (χ2n) is 7.19. The first kappa shape index (κ1) is 20.7. The molecule has 31 heavy (non-hydrogen) atoms. The van der Waals surface area contributed by atoms with E-state index in [4.69, 9.17) is 4.74 Å². The normalized spacial score (nSPS) is 13.0. The lowest BCUT2D eigenvalue weighted by Gasteiger charge is -2.06. The Kier molecular flexibility index (Phi) is 6.08. The number of allylic oxidation sites excluding steroid dienone is 1. The zero-order chi connectivity index (χ0) is 21.8. The van der Waals surface area contributed by atoms with Crippen molar-refractivity contribution >= 4 is 23.0 Å². The summed E-state index contributed by atoms with van der Waals surface area (Å²) < 4.78 is 7.09. The molecule has 0 unspecified atom stereocenters. The molecule has 1 aliphatic heterocycles. The fourth-order valence-electron chi connectivity index (χ4n) is 3.11. The quantitative estimate of drug-likeness (QED) is 0.615. The van der Waals surface area contributed by atoms with Gasteiger partial charge in [0.2, 0.25) is 0 Å². The first-order valence-electron chi connectivity index (χ1n) is 9.88. The summed E-state index contributed by atoms with van der Waals surface area (Å²) in [6, 6.07) is 12.8. The number of rotatable bonds is 7. The maximum Gasteiger partial charge on any atom is 0.263 e. The first-order chi connectivity index (χ1) is 15.0. The Bertz CT molecular complexity index is 1230. The zero-order valence-electron chi connectivity index (χ0n) is 17.3. The van der Waals surface area contributed by atoms with E-state index in [1.54, 1.807) is 19.2 Å². The van der Waals surface area contributed by atoms with E-state index in [2.05, 4.69) is 15.3 Å². The topological polar surface area (TPSA) is 85.6 Å². The van der Waals surface area contributed by atoms with E-state index >= 15 is 0 Å². The second-order valence-corrected chi connectivity index (χ2v) is 8.16. The highest BCUT2D eigenvalue weighted by molar-refractivity contribution is 7.16. The van der Waals surface area contributed by atoms with Gasteiger partial charge in [0.1, 0.15) is 17.2 Å². The lowest BCUT2D eigenvalue weighted by molar-refractivity contribution is 0.0954. The molecule has 7 nitrogen and oxygen atoms in total. The third-order valence-electron chi connectivity index (χ3n) is 4.74. The van der Waals surface area contributed by atoms with Gasteiger partial charge in [0.15, 0.2) is 5.13 Å². The van der Waals surface area contributed by atoms with Crippen LogP contribution in [0.3, 0.4) is 0 Å². The summed E-state index contributed by atoms with van der Waals surface area (Å²) in [4.78, 5) is 34.5. The maximum absolute atomic E-state index is 12.6. The number of amides is 1. The van der Waals surface area contributed by atoms with Crippen LogP contribution in [0.5, 0.6) is 5.75 Å². The van der Waals surface area contributed by atoms with E-state index in [1.165, 1.54) is 22.0 Å². The third kappa shape index (κ3) is 4.97. The average molecular weight is 435 g/mol. The number of nitrogens with zero attached hydrogens (tertiary/aromatic N) is 3. The molecule has 0 atom stereocenters. The third-order valence-corrected chi connectivity index (χ3v) is 5.89. The number of hydrogen-bond donors (Lipinski definition) is 1. The maximum atomic E-state index is 12.6. The molecule has 0 bridgehead atoms. The standard InChI is InChI=1S/C23H22N4O3S/c1-15-8-9-18(25-15)14-30-19-10-11-27(20(28)12-19)23-26-16(2)21(31-23)22(29)24-13-17-6-4-3-5-7-17/h3-7,9-12H,8,13-14H2,1-2H3,(H,24,29). The summed E-state index contributed by atoms with van der Waals surface area (Å²) in [5.41, 5.74) is 3.24. The number of aliphatic imine (C=N–C) groups is 1. The van der Waals surface area contributed by atoms with Gasteiger partial charge in [-0.1, -0.05) is 47.7 Å². The number of aromatic nitrogens is 2. The molecule has 3 aromatic rings. The van der Waals surface area contributed by atoms with Gasteiger partial charge in [-0.05, 0) is 25.5 Å². The number of aryl methyl sites for hydroxylation is 1. The van der Waals surface area contributed by atoms with Gasteiger partial charge >= 0.3 is 0 Å². The number of carbonyl (C=O) groups excluding carboxylic acids is 1. The summed E-state index contributed by atoms with van der Waals surface area (Å²) in [7, 11) is 0. The molecule has 1 aromatic carbocycles. The van der Waals surface area contributed by atoms with Crippen molar-refractivity contribution in [3.8, 4) is 10.9 Å². The van der Waals surface area contributed by atoms with E-state index in [1.807, 2.05) is 43.3 Å². The molecule has 3 heterocycles. The van der Waals surface area contributed by atoms with Gasteiger partial charge in [-0.3, -0.25) is 19.1 Å². The predicted molar refractivity (Wildman–Crippen MR) is 121 cm³/mol. The monoisotopic (exact) mass is 434 g/mol. The highest BCUT2D eigenvalue weighted by atomic mass is 32.1. The number of carbonyl (C=O) groups is 1. The summed E-state index contributed by atoms with van der Waals surface area (Å²) in [6.07, 6.45) is 4.46. The molecule has 1 N–H and O–H groups in total. The van der Waals surface area contributed by atoms with E-state index in [0.717, 1.165) is 23.4 Å². The van der Waals surface area contributed by atoms with Crippen molar-refractivity contribution in [2.75, 3.05) is 6.61 Å². The lowest BCUT2D eigenvalue weighted by Crippen LogP contribution is -2.22. The highest BCUT2D eigenvalue weighted by Gasteiger charge is 2.17. The number of pyridine rings is 1. The van der Waals surface area contributed by atoms with Crippen LogP contribution < -0.4 is 15.6 Å². The van der Waals surface area contributed by atoms with Gasteiger partial charge in [-0.25, -0.2) is 4.98 Å². The summed E-state index contributed by atoms with van der Waals surface area (Å²) in [6.45, 7) is 4.48. The number of thiazole rings is 1. The van der Waals surface area contributed by atoms with Gasteiger partial charge in [0, 0.05) is 30.9 Å². The van der Waals surface area contributed by atoms with Crippen LogP contribution >= 0.6 is 11.3 Å². The summed E-state index contributed by atoms with van der Waals surface area (Å²) >= 11 is 1.18. The number of ether oxygens (including phenoxy) is 1. The number of benzene rings is 1. The second kappa shape index (κ2) is 9.09. The van der Waals surface area contributed by atoms with E-state index < -0.39 is 0 Å². The van der Waals surface area contributed by atoms with Crippen LogP contribution in [-0.2, 0) is 6.54 Å². The Morgan fingerprint density at radius 2 is 2.03 bits per heavy atom. The molecule has 2 aromatic heterocycles. The van der Waals surface area contributed by atoms with Crippen molar-refractivity contribution in [1.29, 1.82) is 0 Å². The van der Waals surface area contributed by atoms with Crippen molar-refractivity contribution in [2.45, 2.75) is 26.8 Å². The van der Waals surface area contributed by atoms with Crippen molar-refractivity contribution in [3.05, 3.63) is 86.9 Å². The molecule has 1 amide bonds. The van der Waals surface area contributed by atoms with Crippen LogP contribution in [0.2, 0.25) is 0 Å². The predicted octanol–water partition coefficient (Wildman–Crippen LogP) is 3.66. The Balaban J connectivity index is 1.44. The molecule has 0 fully saturated rings.